The first-order valence-electron chi connectivity index (χ1n) is 7.45. The van der Waals surface area contributed by atoms with Gasteiger partial charge in [-0.3, -0.25) is 0 Å². The maximum absolute atomic E-state index is 9.03. The predicted octanol–water partition coefficient (Wildman–Crippen LogP) is 3.78. The highest BCUT2D eigenvalue weighted by Crippen LogP contribution is 2.37. The van der Waals surface area contributed by atoms with E-state index in [1.165, 1.54) is 0 Å². The number of nitrogens with zero attached hydrogens (tertiary/aromatic N) is 1. The lowest BCUT2D eigenvalue weighted by molar-refractivity contribution is 0.197. The molecule has 0 aliphatic rings. The van der Waals surface area contributed by atoms with Crippen LogP contribution in [0.5, 0.6) is 11.5 Å². The van der Waals surface area contributed by atoms with Gasteiger partial charge in [0.15, 0.2) is 11.5 Å². The number of benzene rings is 2. The van der Waals surface area contributed by atoms with E-state index in [2.05, 4.69) is 9.97 Å². The summed E-state index contributed by atoms with van der Waals surface area (Å²) in [6.45, 7) is 0.0959. The zero-order valence-electron chi connectivity index (χ0n) is 13.1. The van der Waals surface area contributed by atoms with Gasteiger partial charge in [0.1, 0.15) is 12.4 Å². The lowest BCUT2D eigenvalue weighted by Crippen LogP contribution is -2.04. The number of halogens is 1. The van der Waals surface area contributed by atoms with Crippen molar-refractivity contribution < 1.29 is 14.6 Å². The van der Waals surface area contributed by atoms with E-state index in [4.69, 9.17) is 26.2 Å². The second kappa shape index (κ2) is 7.38. The molecule has 0 saturated carbocycles. The summed E-state index contributed by atoms with van der Waals surface area (Å²) in [5.41, 5.74) is 2.56. The van der Waals surface area contributed by atoms with Crippen LogP contribution < -0.4 is 9.47 Å². The monoisotopic (exact) mass is 344 g/mol. The molecule has 0 fully saturated rings. The van der Waals surface area contributed by atoms with Crippen LogP contribution in [0.25, 0.3) is 22.6 Å². The number of hydrogen-bond acceptors (Lipinski definition) is 4. The number of rotatable bonds is 6. The number of aromatic amines is 1. The largest absolute Gasteiger partial charge is 0.493 e. The summed E-state index contributed by atoms with van der Waals surface area (Å²) in [6.07, 6.45) is 1.75. The van der Waals surface area contributed by atoms with Gasteiger partial charge < -0.3 is 19.6 Å². The van der Waals surface area contributed by atoms with Crippen molar-refractivity contribution in [2.45, 2.75) is 0 Å². The van der Waals surface area contributed by atoms with Gasteiger partial charge in [-0.25, -0.2) is 4.98 Å². The molecular formula is C18H17ClN2O3. The Bertz CT molecular complexity index is 833. The Labute approximate surface area is 144 Å². The van der Waals surface area contributed by atoms with Crippen LogP contribution in [0.4, 0.5) is 0 Å². The van der Waals surface area contributed by atoms with Crippen molar-refractivity contribution in [2.24, 2.45) is 0 Å². The third-order valence-corrected chi connectivity index (χ3v) is 3.74. The van der Waals surface area contributed by atoms with E-state index < -0.39 is 0 Å². The molecule has 0 radical (unpaired) electrons. The summed E-state index contributed by atoms with van der Waals surface area (Å²) >= 11 is 6.05. The molecule has 2 aromatic carbocycles. The molecule has 1 heterocycles. The highest BCUT2D eigenvalue weighted by molar-refractivity contribution is 6.30. The van der Waals surface area contributed by atoms with E-state index in [0.717, 1.165) is 16.8 Å². The van der Waals surface area contributed by atoms with Gasteiger partial charge in [-0.15, -0.1) is 0 Å². The molecule has 3 rings (SSSR count). The Morgan fingerprint density at radius 3 is 2.79 bits per heavy atom. The second-order valence-electron chi connectivity index (χ2n) is 5.06. The van der Waals surface area contributed by atoms with Crippen molar-refractivity contribution in [1.29, 1.82) is 0 Å². The molecule has 2 N–H and O–H groups in total. The molecular weight excluding hydrogens is 328 g/mol. The third-order valence-electron chi connectivity index (χ3n) is 3.50. The number of hydrogen-bond donors (Lipinski definition) is 2. The zero-order valence-corrected chi connectivity index (χ0v) is 13.9. The van der Waals surface area contributed by atoms with Gasteiger partial charge in [0.2, 0.25) is 0 Å². The normalized spacial score (nSPS) is 10.6. The van der Waals surface area contributed by atoms with Gasteiger partial charge in [0, 0.05) is 10.6 Å². The SMILES string of the molecule is COc1cccc(-c2ncc(-c3cccc(Cl)c3)[nH]2)c1OCCO. The molecule has 3 aromatic rings. The standard InChI is InChI=1S/C18H17ClN2O3/c1-23-16-7-3-6-14(17(16)24-9-8-22)18-20-11-15(21-18)12-4-2-5-13(19)10-12/h2-7,10-11,22H,8-9H2,1H3,(H,20,21). The lowest BCUT2D eigenvalue weighted by atomic mass is 10.1. The van der Waals surface area contributed by atoms with E-state index in [-0.39, 0.29) is 13.2 Å². The van der Waals surface area contributed by atoms with Crippen LogP contribution in [-0.4, -0.2) is 35.4 Å². The van der Waals surface area contributed by atoms with Crippen LogP contribution in [0.1, 0.15) is 0 Å². The van der Waals surface area contributed by atoms with Crippen molar-refractivity contribution in [2.75, 3.05) is 20.3 Å². The van der Waals surface area contributed by atoms with Crippen LogP contribution in [0, 0.1) is 0 Å². The third kappa shape index (κ3) is 3.37. The van der Waals surface area contributed by atoms with Crippen molar-refractivity contribution >= 4 is 11.6 Å². The number of H-pyrrole nitrogens is 1. The molecule has 124 valence electrons. The van der Waals surface area contributed by atoms with Crippen molar-refractivity contribution in [3.63, 3.8) is 0 Å². The predicted molar refractivity (Wildman–Crippen MR) is 93.6 cm³/mol. The number of aromatic nitrogens is 2. The Hall–Kier alpha value is -2.50. The maximum Gasteiger partial charge on any atom is 0.172 e. The first-order valence-corrected chi connectivity index (χ1v) is 7.82. The van der Waals surface area contributed by atoms with Crippen LogP contribution in [-0.2, 0) is 0 Å². The number of methoxy groups -OCH3 is 1. The minimum absolute atomic E-state index is 0.0800. The highest BCUT2D eigenvalue weighted by Gasteiger charge is 2.15. The van der Waals surface area contributed by atoms with Crippen molar-refractivity contribution in [3.05, 3.63) is 53.7 Å². The number of para-hydroxylation sites is 1. The average Bonchev–Trinajstić information content (AvgIpc) is 3.09. The molecule has 0 saturated heterocycles. The number of aliphatic hydroxyl groups excluding tert-OH is 1. The van der Waals surface area contributed by atoms with Crippen LogP contribution in [0.3, 0.4) is 0 Å². The van der Waals surface area contributed by atoms with Gasteiger partial charge in [0.25, 0.3) is 0 Å². The van der Waals surface area contributed by atoms with E-state index in [0.29, 0.717) is 22.3 Å². The molecule has 5 nitrogen and oxygen atoms in total. The molecule has 0 aliphatic heterocycles. The van der Waals surface area contributed by atoms with Gasteiger partial charge in [-0.2, -0.15) is 0 Å². The Morgan fingerprint density at radius 2 is 2.04 bits per heavy atom. The second-order valence-corrected chi connectivity index (χ2v) is 5.50. The van der Waals surface area contributed by atoms with Gasteiger partial charge >= 0.3 is 0 Å². The van der Waals surface area contributed by atoms with Gasteiger partial charge in [0.05, 0.1) is 31.2 Å². The van der Waals surface area contributed by atoms with Crippen molar-refractivity contribution in [1.82, 2.24) is 9.97 Å². The molecule has 24 heavy (non-hydrogen) atoms. The van der Waals surface area contributed by atoms with Gasteiger partial charge in [-0.05, 0) is 24.3 Å². The molecule has 0 aliphatic carbocycles. The molecule has 1 aromatic heterocycles. The van der Waals surface area contributed by atoms with Crippen LogP contribution >= 0.6 is 11.6 Å². The minimum Gasteiger partial charge on any atom is -0.493 e. The average molecular weight is 345 g/mol. The van der Waals surface area contributed by atoms with Gasteiger partial charge in [-0.1, -0.05) is 29.8 Å². The molecule has 0 amide bonds. The molecule has 0 atom stereocenters. The summed E-state index contributed by atoms with van der Waals surface area (Å²) in [4.78, 5) is 7.71. The number of ether oxygens (including phenoxy) is 2. The van der Waals surface area contributed by atoms with E-state index in [1.54, 1.807) is 19.4 Å². The Balaban J connectivity index is 2.01. The maximum atomic E-state index is 9.03. The number of nitrogens with one attached hydrogen (secondary N) is 1. The van der Waals surface area contributed by atoms with Crippen molar-refractivity contribution in [3.8, 4) is 34.1 Å². The summed E-state index contributed by atoms with van der Waals surface area (Å²) in [5.74, 6) is 1.78. The van der Waals surface area contributed by atoms with E-state index in [1.807, 2.05) is 36.4 Å². The Kier molecular flexibility index (Phi) is 5.03. The molecule has 0 spiro atoms. The molecule has 0 bridgehead atoms. The molecule has 0 unspecified atom stereocenters. The minimum atomic E-state index is -0.0800. The first kappa shape index (κ1) is 16.4. The summed E-state index contributed by atoms with van der Waals surface area (Å²) in [7, 11) is 1.57. The van der Waals surface area contributed by atoms with E-state index >= 15 is 0 Å². The van der Waals surface area contributed by atoms with E-state index in [9.17, 15) is 0 Å². The lowest BCUT2D eigenvalue weighted by Gasteiger charge is -2.13. The summed E-state index contributed by atoms with van der Waals surface area (Å²) in [6, 6.07) is 13.1. The molecule has 6 heteroatoms. The van der Waals surface area contributed by atoms with Crippen LogP contribution in [0.15, 0.2) is 48.7 Å². The summed E-state index contributed by atoms with van der Waals surface area (Å²) in [5, 5.41) is 9.69. The quantitative estimate of drug-likeness (QED) is 0.714. The highest BCUT2D eigenvalue weighted by atomic mass is 35.5. The number of imidazole rings is 1. The number of aliphatic hydroxyl groups is 1. The Morgan fingerprint density at radius 1 is 1.21 bits per heavy atom. The van der Waals surface area contributed by atoms with Crippen LogP contribution in [0.2, 0.25) is 5.02 Å². The fraction of sp³-hybridized carbons (Fsp3) is 0.167. The first-order chi connectivity index (χ1) is 11.7. The fourth-order valence-corrected chi connectivity index (χ4v) is 2.61. The zero-order chi connectivity index (χ0) is 16.9. The smallest absolute Gasteiger partial charge is 0.172 e. The fourth-order valence-electron chi connectivity index (χ4n) is 2.42. The summed E-state index contributed by atoms with van der Waals surface area (Å²) < 4.78 is 11.0. The topological polar surface area (TPSA) is 67.4 Å².